The Kier molecular flexibility index (Phi) is 4.79. The number of anilines is 1. The van der Waals surface area contributed by atoms with E-state index < -0.39 is 5.92 Å². The van der Waals surface area contributed by atoms with Crippen LogP contribution in [-0.4, -0.2) is 25.1 Å². The molecule has 0 saturated heterocycles. The standard InChI is InChI=1S/C17H14IN3O3/c1-24-15-8-10(6-7-13(15)18)16(22)21-19-9-12-11-4-2-3-5-14(11)20-17(12)23/h2-9,12H,1H3,(H,20,23)(H,21,22)/b19-9-/t12-/m0/s1. The fraction of sp³-hybridized carbons (Fsp3) is 0.118. The van der Waals surface area contributed by atoms with E-state index in [1.165, 1.54) is 6.21 Å². The summed E-state index contributed by atoms with van der Waals surface area (Å²) in [5.41, 5.74) is 4.49. The van der Waals surface area contributed by atoms with Crippen molar-refractivity contribution < 1.29 is 14.3 Å². The van der Waals surface area contributed by atoms with E-state index in [1.807, 2.05) is 24.3 Å². The molecule has 2 N–H and O–H groups in total. The van der Waals surface area contributed by atoms with Gasteiger partial charge in [0.1, 0.15) is 11.7 Å². The third-order valence-electron chi connectivity index (χ3n) is 3.64. The number of nitrogens with zero attached hydrogens (tertiary/aromatic N) is 1. The average Bonchev–Trinajstić information content (AvgIpc) is 2.91. The van der Waals surface area contributed by atoms with Crippen molar-refractivity contribution in [2.24, 2.45) is 5.10 Å². The predicted octanol–water partition coefficient (Wildman–Crippen LogP) is 2.75. The van der Waals surface area contributed by atoms with E-state index in [1.54, 1.807) is 25.3 Å². The van der Waals surface area contributed by atoms with Gasteiger partial charge in [-0.15, -0.1) is 0 Å². The highest BCUT2D eigenvalue weighted by Crippen LogP contribution is 2.30. The minimum atomic E-state index is -0.507. The van der Waals surface area contributed by atoms with E-state index in [0.29, 0.717) is 11.3 Å². The van der Waals surface area contributed by atoms with E-state index in [4.69, 9.17) is 4.74 Å². The Morgan fingerprint density at radius 3 is 2.92 bits per heavy atom. The molecule has 1 aliphatic heterocycles. The summed E-state index contributed by atoms with van der Waals surface area (Å²) in [6, 6.07) is 12.5. The summed E-state index contributed by atoms with van der Waals surface area (Å²) in [7, 11) is 1.55. The first-order valence-corrected chi connectivity index (χ1v) is 8.25. The van der Waals surface area contributed by atoms with Gasteiger partial charge in [-0.25, -0.2) is 5.43 Å². The molecule has 7 heteroatoms. The van der Waals surface area contributed by atoms with Crippen molar-refractivity contribution >= 4 is 46.3 Å². The Morgan fingerprint density at radius 1 is 1.33 bits per heavy atom. The number of hydrogen-bond donors (Lipinski definition) is 2. The highest BCUT2D eigenvalue weighted by atomic mass is 127. The molecule has 1 atom stereocenters. The first-order chi connectivity index (χ1) is 11.6. The summed E-state index contributed by atoms with van der Waals surface area (Å²) in [5, 5.41) is 6.71. The number of para-hydroxylation sites is 1. The summed E-state index contributed by atoms with van der Waals surface area (Å²) in [5.74, 6) is -0.415. The molecule has 0 aromatic heterocycles. The van der Waals surface area contributed by atoms with Crippen LogP contribution in [0.4, 0.5) is 5.69 Å². The SMILES string of the molecule is COc1cc(C(=O)N/N=C\[C@@H]2C(=O)Nc3ccccc32)ccc1I. The smallest absolute Gasteiger partial charge is 0.271 e. The predicted molar refractivity (Wildman–Crippen MR) is 99.5 cm³/mol. The van der Waals surface area contributed by atoms with Crippen molar-refractivity contribution in [1.29, 1.82) is 0 Å². The van der Waals surface area contributed by atoms with Gasteiger partial charge in [0.2, 0.25) is 5.91 Å². The maximum absolute atomic E-state index is 12.1. The van der Waals surface area contributed by atoms with Crippen LogP contribution in [0.5, 0.6) is 5.75 Å². The zero-order valence-electron chi connectivity index (χ0n) is 12.7. The molecule has 24 heavy (non-hydrogen) atoms. The van der Waals surface area contributed by atoms with Crippen molar-refractivity contribution in [3.8, 4) is 5.75 Å². The monoisotopic (exact) mass is 435 g/mol. The molecule has 0 bridgehead atoms. The van der Waals surface area contributed by atoms with Crippen LogP contribution < -0.4 is 15.5 Å². The third kappa shape index (κ3) is 3.25. The second-order valence-corrected chi connectivity index (χ2v) is 6.28. The number of fused-ring (bicyclic) bond motifs is 1. The van der Waals surface area contributed by atoms with Gasteiger partial charge in [0.15, 0.2) is 0 Å². The van der Waals surface area contributed by atoms with E-state index >= 15 is 0 Å². The number of nitrogens with one attached hydrogen (secondary N) is 2. The Balaban J connectivity index is 1.70. The van der Waals surface area contributed by atoms with Crippen molar-refractivity contribution in [2.45, 2.75) is 5.92 Å². The van der Waals surface area contributed by atoms with Crippen LogP contribution in [0.3, 0.4) is 0 Å². The minimum absolute atomic E-state index is 0.162. The van der Waals surface area contributed by atoms with Gasteiger partial charge in [-0.3, -0.25) is 9.59 Å². The van der Waals surface area contributed by atoms with Gasteiger partial charge in [0, 0.05) is 17.5 Å². The molecule has 0 unspecified atom stereocenters. The second kappa shape index (κ2) is 7.00. The van der Waals surface area contributed by atoms with Crippen molar-refractivity contribution in [1.82, 2.24) is 5.43 Å². The summed E-state index contributed by atoms with van der Waals surface area (Å²) in [6.45, 7) is 0. The molecule has 0 saturated carbocycles. The van der Waals surface area contributed by atoms with Crippen molar-refractivity contribution in [2.75, 3.05) is 12.4 Å². The lowest BCUT2D eigenvalue weighted by atomic mass is 10.0. The lowest BCUT2D eigenvalue weighted by Gasteiger charge is -2.06. The van der Waals surface area contributed by atoms with Gasteiger partial charge in [0.05, 0.1) is 10.7 Å². The van der Waals surface area contributed by atoms with E-state index in [-0.39, 0.29) is 11.8 Å². The van der Waals surface area contributed by atoms with Gasteiger partial charge >= 0.3 is 0 Å². The number of benzene rings is 2. The molecule has 2 aromatic rings. The number of halogens is 1. The number of amides is 2. The minimum Gasteiger partial charge on any atom is -0.496 e. The number of ether oxygens (including phenoxy) is 1. The molecule has 2 amide bonds. The normalized spacial score (nSPS) is 15.9. The fourth-order valence-corrected chi connectivity index (χ4v) is 2.97. The van der Waals surface area contributed by atoms with Crippen LogP contribution in [0.15, 0.2) is 47.6 Å². The van der Waals surface area contributed by atoms with Crippen molar-refractivity contribution in [3.63, 3.8) is 0 Å². The molecule has 0 aliphatic carbocycles. The fourth-order valence-electron chi connectivity index (χ4n) is 2.42. The highest BCUT2D eigenvalue weighted by Gasteiger charge is 2.28. The van der Waals surface area contributed by atoms with Gasteiger partial charge in [-0.2, -0.15) is 5.10 Å². The van der Waals surface area contributed by atoms with Crippen molar-refractivity contribution in [3.05, 3.63) is 57.2 Å². The second-order valence-electron chi connectivity index (χ2n) is 5.12. The van der Waals surface area contributed by atoms with E-state index in [9.17, 15) is 9.59 Å². The quantitative estimate of drug-likeness (QED) is 0.441. The summed E-state index contributed by atoms with van der Waals surface area (Å²) in [4.78, 5) is 24.1. The maximum Gasteiger partial charge on any atom is 0.271 e. The Hall–Kier alpha value is -2.42. The Morgan fingerprint density at radius 2 is 2.12 bits per heavy atom. The van der Waals surface area contributed by atoms with Crippen LogP contribution in [0.25, 0.3) is 0 Å². The molecule has 1 heterocycles. The van der Waals surface area contributed by atoms with Crippen LogP contribution in [-0.2, 0) is 4.79 Å². The average molecular weight is 435 g/mol. The Bertz CT molecular complexity index is 836. The highest BCUT2D eigenvalue weighted by molar-refractivity contribution is 14.1. The van der Waals surface area contributed by atoms with Crippen LogP contribution >= 0.6 is 22.6 Å². The first kappa shape index (κ1) is 16.4. The number of hydrazone groups is 1. The molecule has 3 rings (SSSR count). The summed E-state index contributed by atoms with van der Waals surface area (Å²) >= 11 is 2.13. The van der Waals surface area contributed by atoms with Gasteiger partial charge in [-0.05, 0) is 52.4 Å². The number of methoxy groups -OCH3 is 1. The zero-order chi connectivity index (χ0) is 17.1. The number of rotatable bonds is 4. The van der Waals surface area contributed by atoms with Crippen LogP contribution in [0, 0.1) is 3.57 Å². The Labute approximate surface area is 152 Å². The lowest BCUT2D eigenvalue weighted by molar-refractivity contribution is -0.115. The molecule has 0 fully saturated rings. The molecule has 122 valence electrons. The molecule has 2 aromatic carbocycles. The number of carbonyl (C=O) groups is 2. The maximum atomic E-state index is 12.1. The van der Waals surface area contributed by atoms with Gasteiger partial charge in [-0.1, -0.05) is 18.2 Å². The molecule has 6 nitrogen and oxygen atoms in total. The third-order valence-corrected chi connectivity index (χ3v) is 4.53. The molecular weight excluding hydrogens is 421 g/mol. The topological polar surface area (TPSA) is 79.8 Å². The summed E-state index contributed by atoms with van der Waals surface area (Å²) < 4.78 is 6.11. The van der Waals surface area contributed by atoms with E-state index in [0.717, 1.165) is 14.8 Å². The van der Waals surface area contributed by atoms with Crippen LogP contribution in [0.2, 0.25) is 0 Å². The largest absolute Gasteiger partial charge is 0.496 e. The number of carbonyl (C=O) groups excluding carboxylic acids is 2. The zero-order valence-corrected chi connectivity index (χ0v) is 14.9. The van der Waals surface area contributed by atoms with Gasteiger partial charge in [0.25, 0.3) is 5.91 Å². The first-order valence-electron chi connectivity index (χ1n) is 7.17. The van der Waals surface area contributed by atoms with Crippen LogP contribution in [0.1, 0.15) is 21.8 Å². The van der Waals surface area contributed by atoms with Gasteiger partial charge < -0.3 is 10.1 Å². The summed E-state index contributed by atoms with van der Waals surface area (Å²) in [6.07, 6.45) is 1.43. The number of hydrogen-bond acceptors (Lipinski definition) is 4. The molecule has 1 aliphatic rings. The lowest BCUT2D eigenvalue weighted by Crippen LogP contribution is -2.20. The molecule has 0 radical (unpaired) electrons. The van der Waals surface area contributed by atoms with E-state index in [2.05, 4.69) is 38.4 Å². The molecular formula is C17H14IN3O3. The molecule has 0 spiro atoms.